The van der Waals surface area contributed by atoms with Gasteiger partial charge in [0.15, 0.2) is 11.6 Å². The number of fused-ring (bicyclic) bond motifs is 1. The quantitative estimate of drug-likeness (QED) is 0.377. The van der Waals surface area contributed by atoms with E-state index in [1.165, 1.54) is 11.3 Å². The number of aromatic nitrogens is 4. The van der Waals surface area contributed by atoms with Gasteiger partial charge in [0.25, 0.3) is 5.91 Å². The first-order valence-corrected chi connectivity index (χ1v) is 10.9. The molecule has 0 saturated heterocycles. The fraction of sp³-hybridized carbons (Fsp3) is 0.0833. The van der Waals surface area contributed by atoms with Crippen LogP contribution in [0.1, 0.15) is 21.1 Å². The van der Waals surface area contributed by atoms with Crippen LogP contribution in [0.2, 0.25) is 0 Å². The number of hydrogen-bond donors (Lipinski definition) is 2. The van der Waals surface area contributed by atoms with Crippen LogP contribution in [0.25, 0.3) is 15.9 Å². The van der Waals surface area contributed by atoms with E-state index < -0.39 is 0 Å². The second-order valence-electron chi connectivity index (χ2n) is 7.42. The van der Waals surface area contributed by atoms with Gasteiger partial charge < -0.3 is 10.6 Å². The first-order chi connectivity index (χ1) is 15.5. The van der Waals surface area contributed by atoms with E-state index in [1.807, 2.05) is 86.6 Å². The lowest BCUT2D eigenvalue weighted by Gasteiger charge is -2.08. The molecule has 0 aliphatic rings. The summed E-state index contributed by atoms with van der Waals surface area (Å²) in [6.45, 7) is 3.93. The van der Waals surface area contributed by atoms with Crippen molar-refractivity contribution < 1.29 is 4.79 Å². The summed E-state index contributed by atoms with van der Waals surface area (Å²) < 4.78 is 2.86. The predicted molar refractivity (Wildman–Crippen MR) is 128 cm³/mol. The lowest BCUT2D eigenvalue weighted by molar-refractivity contribution is 0.103. The molecular formula is C24H20N6OS. The van der Waals surface area contributed by atoms with Crippen LogP contribution in [0.4, 0.5) is 17.2 Å². The third-order valence-corrected chi connectivity index (χ3v) is 6.06. The van der Waals surface area contributed by atoms with Gasteiger partial charge in [0.05, 0.1) is 10.6 Å². The van der Waals surface area contributed by atoms with Crippen LogP contribution in [0.15, 0.2) is 72.8 Å². The zero-order valence-electron chi connectivity index (χ0n) is 17.5. The standard InChI is InChI=1S/C24H20N6OS/c1-15-13-16(2)30(29-15)23-12-11-22(27-28-23)25-18-7-9-19(10-8-18)26-24(31)21-14-17-5-3-4-6-20(17)32-21/h3-14H,1-2H3,(H,25,27)(H,26,31). The average molecular weight is 441 g/mol. The van der Waals surface area contributed by atoms with E-state index in [-0.39, 0.29) is 5.91 Å². The highest BCUT2D eigenvalue weighted by atomic mass is 32.1. The fourth-order valence-corrected chi connectivity index (χ4v) is 4.39. The first-order valence-electron chi connectivity index (χ1n) is 10.1. The largest absolute Gasteiger partial charge is 0.339 e. The molecule has 0 aliphatic carbocycles. The summed E-state index contributed by atoms with van der Waals surface area (Å²) >= 11 is 1.49. The number of thiophene rings is 1. The Hall–Kier alpha value is -4.04. The minimum atomic E-state index is -0.113. The number of hydrogen-bond acceptors (Lipinski definition) is 6. The Morgan fingerprint density at radius 1 is 0.906 bits per heavy atom. The number of anilines is 3. The van der Waals surface area contributed by atoms with Crippen LogP contribution >= 0.6 is 11.3 Å². The maximum atomic E-state index is 12.6. The maximum Gasteiger partial charge on any atom is 0.265 e. The van der Waals surface area contributed by atoms with Crippen LogP contribution in [-0.4, -0.2) is 25.9 Å². The predicted octanol–water partition coefficient (Wildman–Crippen LogP) is 5.49. The number of nitrogens with zero attached hydrogens (tertiary/aromatic N) is 4. The highest BCUT2D eigenvalue weighted by Crippen LogP contribution is 2.26. The summed E-state index contributed by atoms with van der Waals surface area (Å²) in [5.74, 6) is 1.18. The van der Waals surface area contributed by atoms with Crippen molar-refractivity contribution in [3.8, 4) is 5.82 Å². The van der Waals surface area contributed by atoms with Gasteiger partial charge in [-0.2, -0.15) is 5.10 Å². The van der Waals surface area contributed by atoms with Crippen molar-refractivity contribution in [2.24, 2.45) is 0 Å². The minimum absolute atomic E-state index is 0.113. The molecule has 0 bridgehead atoms. The van der Waals surface area contributed by atoms with Crippen molar-refractivity contribution >= 4 is 44.5 Å². The minimum Gasteiger partial charge on any atom is -0.339 e. The van der Waals surface area contributed by atoms with Crippen LogP contribution in [0.5, 0.6) is 0 Å². The van der Waals surface area contributed by atoms with Gasteiger partial charge in [0, 0.05) is 21.8 Å². The summed E-state index contributed by atoms with van der Waals surface area (Å²) in [4.78, 5) is 13.3. The molecule has 0 fully saturated rings. The highest BCUT2D eigenvalue weighted by molar-refractivity contribution is 7.20. The Morgan fingerprint density at radius 2 is 1.69 bits per heavy atom. The lowest BCUT2D eigenvalue weighted by atomic mass is 10.2. The first kappa shape index (κ1) is 19.9. The van der Waals surface area contributed by atoms with Crippen molar-refractivity contribution in [1.29, 1.82) is 0 Å². The molecule has 5 rings (SSSR count). The molecule has 2 aromatic carbocycles. The molecule has 0 atom stereocenters. The number of amides is 1. The summed E-state index contributed by atoms with van der Waals surface area (Å²) in [6, 6.07) is 23.1. The smallest absolute Gasteiger partial charge is 0.265 e. The number of rotatable bonds is 5. The van der Waals surface area contributed by atoms with E-state index in [9.17, 15) is 4.79 Å². The molecule has 0 saturated carbocycles. The van der Waals surface area contributed by atoms with Crippen molar-refractivity contribution in [2.75, 3.05) is 10.6 Å². The molecule has 3 heterocycles. The Kier molecular flexibility index (Phi) is 5.12. The Labute approximate surface area is 188 Å². The van der Waals surface area contributed by atoms with E-state index in [2.05, 4.69) is 25.9 Å². The maximum absolute atomic E-state index is 12.6. The molecule has 1 amide bonds. The SMILES string of the molecule is Cc1cc(C)n(-c2ccc(Nc3ccc(NC(=O)c4cc5ccccc5s4)cc3)nn2)n1. The summed E-state index contributed by atoms with van der Waals surface area (Å²) in [5.41, 5.74) is 3.51. The molecule has 5 aromatic rings. The summed E-state index contributed by atoms with van der Waals surface area (Å²) in [6.07, 6.45) is 0. The second-order valence-corrected chi connectivity index (χ2v) is 8.50. The number of carbonyl (C=O) groups excluding carboxylic acids is 1. The van der Waals surface area contributed by atoms with Crippen molar-refractivity contribution in [3.05, 3.63) is 89.1 Å². The number of nitrogens with one attached hydrogen (secondary N) is 2. The molecule has 8 heteroatoms. The number of aryl methyl sites for hydroxylation is 2. The van der Waals surface area contributed by atoms with Crippen LogP contribution in [0.3, 0.4) is 0 Å². The van der Waals surface area contributed by atoms with Crippen molar-refractivity contribution in [2.45, 2.75) is 13.8 Å². The molecule has 0 aliphatic heterocycles. The van der Waals surface area contributed by atoms with Gasteiger partial charge in [-0.15, -0.1) is 21.5 Å². The molecule has 0 spiro atoms. The van der Waals surface area contributed by atoms with Gasteiger partial charge in [-0.05, 0) is 73.8 Å². The fourth-order valence-electron chi connectivity index (χ4n) is 3.44. The number of benzene rings is 2. The molecule has 32 heavy (non-hydrogen) atoms. The highest BCUT2D eigenvalue weighted by Gasteiger charge is 2.11. The molecule has 0 radical (unpaired) electrons. The molecular weight excluding hydrogens is 420 g/mol. The molecule has 158 valence electrons. The number of carbonyl (C=O) groups is 1. The van der Waals surface area contributed by atoms with Crippen molar-refractivity contribution in [3.63, 3.8) is 0 Å². The Morgan fingerprint density at radius 3 is 2.38 bits per heavy atom. The third-order valence-electron chi connectivity index (χ3n) is 4.94. The van der Waals surface area contributed by atoms with Crippen molar-refractivity contribution in [1.82, 2.24) is 20.0 Å². The molecule has 0 unspecified atom stereocenters. The van der Waals surface area contributed by atoms with Gasteiger partial charge in [-0.3, -0.25) is 4.79 Å². The Bertz CT molecular complexity index is 1370. The van der Waals surface area contributed by atoms with Gasteiger partial charge in [-0.1, -0.05) is 18.2 Å². The normalized spacial score (nSPS) is 10.9. The zero-order chi connectivity index (χ0) is 22.1. The summed E-state index contributed by atoms with van der Waals surface area (Å²) in [5, 5.41) is 20.2. The molecule has 7 nitrogen and oxygen atoms in total. The summed E-state index contributed by atoms with van der Waals surface area (Å²) in [7, 11) is 0. The van der Waals surface area contributed by atoms with Gasteiger partial charge in [-0.25, -0.2) is 4.68 Å². The monoisotopic (exact) mass is 440 g/mol. The van der Waals surface area contributed by atoms with Crippen LogP contribution in [0, 0.1) is 13.8 Å². The van der Waals surface area contributed by atoms with Crippen LogP contribution in [-0.2, 0) is 0 Å². The lowest BCUT2D eigenvalue weighted by Crippen LogP contribution is -2.10. The molecule has 2 N–H and O–H groups in total. The van der Waals surface area contributed by atoms with Crippen LogP contribution < -0.4 is 10.6 Å². The van der Waals surface area contributed by atoms with E-state index in [4.69, 9.17) is 0 Å². The topological polar surface area (TPSA) is 84.7 Å². The van der Waals surface area contributed by atoms with E-state index in [0.717, 1.165) is 32.8 Å². The van der Waals surface area contributed by atoms with E-state index in [1.54, 1.807) is 4.68 Å². The Balaban J connectivity index is 1.24. The van der Waals surface area contributed by atoms with Gasteiger partial charge >= 0.3 is 0 Å². The van der Waals surface area contributed by atoms with Gasteiger partial charge in [0.1, 0.15) is 0 Å². The molecule has 3 aromatic heterocycles. The van der Waals surface area contributed by atoms with E-state index >= 15 is 0 Å². The average Bonchev–Trinajstić information content (AvgIpc) is 3.38. The van der Waals surface area contributed by atoms with E-state index in [0.29, 0.717) is 16.5 Å². The zero-order valence-corrected chi connectivity index (χ0v) is 18.4. The van der Waals surface area contributed by atoms with Gasteiger partial charge in [0.2, 0.25) is 0 Å². The third kappa shape index (κ3) is 4.08. The second kappa shape index (κ2) is 8.24.